The molecule has 0 aromatic carbocycles. The summed E-state index contributed by atoms with van der Waals surface area (Å²) in [4.78, 5) is 12.7. The summed E-state index contributed by atoms with van der Waals surface area (Å²) >= 11 is 0. The van der Waals surface area contributed by atoms with Gasteiger partial charge in [0.05, 0.1) is 0 Å². The third-order valence-electron chi connectivity index (χ3n) is 1.05. The quantitative estimate of drug-likeness (QED) is 0.397. The molecular formula is C7H19Cl4NOSiTi. The molecule has 15 heavy (non-hydrogen) atoms. The maximum atomic E-state index is 11.1. The average molecular weight is 351 g/mol. The van der Waals surface area contributed by atoms with Crippen LogP contribution in [0.4, 0.5) is 0 Å². The van der Waals surface area contributed by atoms with E-state index in [4.69, 9.17) is 0 Å². The summed E-state index contributed by atoms with van der Waals surface area (Å²) in [6, 6.07) is 0. The van der Waals surface area contributed by atoms with Crippen molar-refractivity contribution in [1.29, 1.82) is 0 Å². The maximum absolute atomic E-state index is 11.1. The van der Waals surface area contributed by atoms with Crippen molar-refractivity contribution in [3.05, 3.63) is 0 Å². The number of amides is 1. The second-order valence-electron chi connectivity index (χ2n) is 3.45. The van der Waals surface area contributed by atoms with Gasteiger partial charge in [-0.05, 0) is 11.0 Å². The number of halogens is 4. The average Bonchev–Trinajstić information content (AvgIpc) is 1.62. The fourth-order valence-electron chi connectivity index (χ4n) is 0.671. The zero-order valence-corrected chi connectivity index (χ0v) is 13.5. The van der Waals surface area contributed by atoms with Crippen molar-refractivity contribution in [2.75, 3.05) is 14.1 Å². The zero-order chi connectivity index (χ0) is 7.65. The molecule has 0 N–H and O–H groups in total. The predicted octanol–water partition coefficient (Wildman–Crippen LogP) is -12.3. The molecule has 0 spiro atoms. The Morgan fingerprint density at radius 3 is 1.13 bits per heavy atom. The first kappa shape index (κ1) is 43.9. The topological polar surface area (TPSA) is 20.3 Å². The summed E-state index contributed by atoms with van der Waals surface area (Å²) in [5.74, 6) is 0.169. The Balaban J connectivity index is -0.0000000213. The van der Waals surface area contributed by atoms with Gasteiger partial charge in [0.25, 0.3) is 0 Å². The molecule has 0 bridgehead atoms. The van der Waals surface area contributed by atoms with E-state index in [0.29, 0.717) is 0 Å². The molecule has 8 heteroatoms. The Labute approximate surface area is 137 Å². The van der Waals surface area contributed by atoms with Crippen molar-refractivity contribution in [3.8, 4) is 0 Å². The van der Waals surface area contributed by atoms with Crippen molar-refractivity contribution in [3.63, 3.8) is 0 Å². The van der Waals surface area contributed by atoms with Crippen molar-refractivity contribution < 1.29 is 76.1 Å². The second kappa shape index (κ2) is 17.9. The first-order valence-electron chi connectivity index (χ1n) is 3.07. The first-order valence-corrected chi connectivity index (χ1v) is 3.07. The molecule has 0 radical (unpaired) electrons. The first-order chi connectivity index (χ1) is 3.85. The van der Waals surface area contributed by atoms with Crippen LogP contribution in [0.15, 0.2) is 0 Å². The number of rotatable bonds is 0. The van der Waals surface area contributed by atoms with E-state index in [1.807, 2.05) is 20.8 Å². The second-order valence-corrected chi connectivity index (χ2v) is 3.45. The van der Waals surface area contributed by atoms with Crippen molar-refractivity contribution in [2.24, 2.45) is 5.41 Å². The summed E-state index contributed by atoms with van der Waals surface area (Å²) in [5.41, 5.74) is -0.233. The van der Waals surface area contributed by atoms with E-state index in [-0.39, 0.29) is 93.6 Å². The Bertz CT molecular complexity index is 133. The van der Waals surface area contributed by atoms with Crippen molar-refractivity contribution in [2.45, 2.75) is 20.8 Å². The van der Waals surface area contributed by atoms with Gasteiger partial charge in [-0.25, -0.2) is 0 Å². The minimum absolute atomic E-state index is 0. The Morgan fingerprint density at radius 1 is 0.933 bits per heavy atom. The van der Waals surface area contributed by atoms with Crippen LogP contribution in [0.1, 0.15) is 20.8 Å². The summed E-state index contributed by atoms with van der Waals surface area (Å²) < 4.78 is 0. The van der Waals surface area contributed by atoms with Crippen LogP contribution in [0.5, 0.6) is 0 Å². The van der Waals surface area contributed by atoms with Crippen LogP contribution in [0, 0.1) is 5.41 Å². The SMILES string of the molecule is CN(C)C(=O)C(C)(C)C.[Cl-].[Cl-].[Cl-].[Cl-].[SiH4].[Ti+4]. The number of carbonyl (C=O) groups is 1. The third kappa shape index (κ3) is 21.4. The zero-order valence-electron chi connectivity index (χ0n) is 8.87. The van der Waals surface area contributed by atoms with Gasteiger partial charge < -0.3 is 54.5 Å². The summed E-state index contributed by atoms with van der Waals surface area (Å²) in [5, 5.41) is 0. The van der Waals surface area contributed by atoms with Crippen LogP contribution >= 0.6 is 0 Å². The van der Waals surface area contributed by atoms with Gasteiger partial charge in [-0.15, -0.1) is 0 Å². The van der Waals surface area contributed by atoms with Crippen LogP contribution in [-0.4, -0.2) is 35.9 Å². The van der Waals surface area contributed by atoms with Crippen LogP contribution in [-0.2, 0) is 26.5 Å². The smallest absolute Gasteiger partial charge is 1.00 e. The van der Waals surface area contributed by atoms with E-state index in [9.17, 15) is 4.79 Å². The van der Waals surface area contributed by atoms with Crippen molar-refractivity contribution >= 4 is 16.9 Å². The molecule has 0 aliphatic rings. The number of nitrogens with zero attached hydrogens (tertiary/aromatic N) is 1. The molecule has 0 aromatic rings. The fourth-order valence-corrected chi connectivity index (χ4v) is 0.671. The standard InChI is InChI=1S/C7H15NO.4ClH.H4Si.Ti/c1-7(2,3)6(9)8(4)5;;;;;;/h1-5H3;4*1H;1H4;/q;;;;;;+4/p-4. The molecule has 1 amide bonds. The van der Waals surface area contributed by atoms with Crippen LogP contribution in [0.2, 0.25) is 0 Å². The van der Waals surface area contributed by atoms with E-state index in [1.54, 1.807) is 19.0 Å². The van der Waals surface area contributed by atoms with E-state index in [2.05, 4.69) is 0 Å². The van der Waals surface area contributed by atoms with E-state index < -0.39 is 0 Å². The fraction of sp³-hybridized carbons (Fsp3) is 0.857. The largest absolute Gasteiger partial charge is 4.00 e. The van der Waals surface area contributed by atoms with Gasteiger partial charge in [0.2, 0.25) is 5.91 Å². The molecule has 0 aliphatic carbocycles. The van der Waals surface area contributed by atoms with Gasteiger partial charge in [-0.3, -0.25) is 4.79 Å². The molecule has 0 aromatic heterocycles. The van der Waals surface area contributed by atoms with Gasteiger partial charge >= 0.3 is 21.7 Å². The Morgan fingerprint density at radius 2 is 1.13 bits per heavy atom. The maximum Gasteiger partial charge on any atom is 4.00 e. The van der Waals surface area contributed by atoms with E-state index >= 15 is 0 Å². The van der Waals surface area contributed by atoms with E-state index in [0.717, 1.165) is 0 Å². The molecule has 0 saturated carbocycles. The molecule has 0 heterocycles. The number of carbonyl (C=O) groups excluding carboxylic acids is 1. The molecule has 2 nitrogen and oxygen atoms in total. The molecule has 0 saturated heterocycles. The molecule has 0 fully saturated rings. The van der Waals surface area contributed by atoms with Gasteiger partial charge in [0.15, 0.2) is 0 Å². The summed E-state index contributed by atoms with van der Waals surface area (Å²) in [6.45, 7) is 5.74. The van der Waals surface area contributed by atoms with Gasteiger partial charge in [-0.1, -0.05) is 20.8 Å². The number of hydrogen-bond donors (Lipinski definition) is 0. The minimum Gasteiger partial charge on any atom is -1.00 e. The van der Waals surface area contributed by atoms with E-state index in [1.165, 1.54) is 0 Å². The summed E-state index contributed by atoms with van der Waals surface area (Å²) in [7, 11) is 3.54. The molecule has 0 atom stereocenters. The van der Waals surface area contributed by atoms with Crippen LogP contribution in [0.3, 0.4) is 0 Å². The predicted molar refractivity (Wildman–Crippen MR) is 49.5 cm³/mol. The van der Waals surface area contributed by atoms with Gasteiger partial charge in [0, 0.05) is 19.5 Å². The third-order valence-corrected chi connectivity index (χ3v) is 1.05. The Kier molecular flexibility index (Phi) is 52.5. The van der Waals surface area contributed by atoms with Gasteiger partial charge in [0.1, 0.15) is 0 Å². The molecule has 0 rings (SSSR count). The number of hydrogen-bond acceptors (Lipinski definition) is 1. The van der Waals surface area contributed by atoms with Crippen LogP contribution < -0.4 is 49.6 Å². The molecular weight excluding hydrogens is 332 g/mol. The normalized spacial score (nSPS) is 6.73. The minimum atomic E-state index is -0.233. The van der Waals surface area contributed by atoms with Crippen LogP contribution in [0.25, 0.3) is 0 Å². The molecule has 0 unspecified atom stereocenters. The van der Waals surface area contributed by atoms with Gasteiger partial charge in [-0.2, -0.15) is 0 Å². The molecule has 0 aliphatic heterocycles. The molecule has 94 valence electrons. The Hall–Kier alpha value is 1.56. The van der Waals surface area contributed by atoms with Crippen molar-refractivity contribution in [1.82, 2.24) is 4.90 Å². The summed E-state index contributed by atoms with van der Waals surface area (Å²) in [6.07, 6.45) is 0. The monoisotopic (exact) mass is 349 g/mol.